The van der Waals surface area contributed by atoms with E-state index in [0.29, 0.717) is 0 Å². The summed E-state index contributed by atoms with van der Waals surface area (Å²) in [5.74, 6) is 0. The van der Waals surface area contributed by atoms with Crippen LogP contribution in [-0.4, -0.2) is 7.05 Å². The summed E-state index contributed by atoms with van der Waals surface area (Å²) in [5, 5.41) is 0. The van der Waals surface area contributed by atoms with Gasteiger partial charge in [0, 0.05) is 9.79 Å². The topological polar surface area (TPSA) is 26.0 Å². The number of rotatable bonds is 2. The lowest BCUT2D eigenvalue weighted by atomic mass is 10.2. The van der Waals surface area contributed by atoms with Crippen LogP contribution in [-0.2, 0) is 0 Å². The summed E-state index contributed by atoms with van der Waals surface area (Å²) in [7, 11) is 1.50. The Morgan fingerprint density at radius 1 is 0.722 bits per heavy atom. The molecule has 0 spiro atoms. The number of aryl methyl sites for hydroxylation is 1. The molecule has 0 saturated heterocycles. The van der Waals surface area contributed by atoms with Crippen LogP contribution in [0.5, 0.6) is 0 Å². The molecule has 0 atom stereocenters. The summed E-state index contributed by atoms with van der Waals surface area (Å²) in [6.07, 6.45) is 0. The molecule has 0 bridgehead atoms. The van der Waals surface area contributed by atoms with Gasteiger partial charge in [-0.25, -0.2) is 0 Å². The fraction of sp³-hybridized carbons (Fsp3) is 0.250. The molecule has 2 rings (SSSR count). The van der Waals surface area contributed by atoms with E-state index in [0.717, 1.165) is 0 Å². The molecule has 2 heteroatoms. The van der Waals surface area contributed by atoms with Crippen molar-refractivity contribution in [3.63, 3.8) is 0 Å². The van der Waals surface area contributed by atoms with Crippen molar-refractivity contribution >= 4 is 11.8 Å². The van der Waals surface area contributed by atoms with Crippen molar-refractivity contribution in [1.29, 1.82) is 0 Å². The maximum Gasteiger partial charge on any atom is 0.0122 e. The lowest BCUT2D eigenvalue weighted by molar-refractivity contribution is 1.36. The third kappa shape index (κ3) is 6.48. The van der Waals surface area contributed by atoms with Crippen molar-refractivity contribution in [2.75, 3.05) is 7.05 Å². The molecule has 0 radical (unpaired) electrons. The zero-order valence-electron chi connectivity index (χ0n) is 11.7. The quantitative estimate of drug-likeness (QED) is 0.844. The zero-order chi connectivity index (χ0) is 13.8. The van der Waals surface area contributed by atoms with Crippen LogP contribution in [0.1, 0.15) is 19.4 Å². The predicted molar refractivity (Wildman–Crippen MR) is 83.2 cm³/mol. The second-order valence-corrected chi connectivity index (χ2v) is 4.38. The van der Waals surface area contributed by atoms with Gasteiger partial charge in [0.1, 0.15) is 0 Å². The molecule has 18 heavy (non-hydrogen) atoms. The van der Waals surface area contributed by atoms with Gasteiger partial charge in [0.15, 0.2) is 0 Å². The first-order valence-corrected chi connectivity index (χ1v) is 7.03. The van der Waals surface area contributed by atoms with Crippen molar-refractivity contribution in [3.05, 3.63) is 60.2 Å². The summed E-state index contributed by atoms with van der Waals surface area (Å²) >= 11 is 1.80. The minimum Gasteiger partial charge on any atom is -0.333 e. The smallest absolute Gasteiger partial charge is 0.0122 e. The lowest BCUT2D eigenvalue weighted by Crippen LogP contribution is -1.74. The van der Waals surface area contributed by atoms with Crippen LogP contribution in [0.4, 0.5) is 0 Å². The van der Waals surface area contributed by atoms with E-state index in [2.05, 4.69) is 61.2 Å². The first-order chi connectivity index (χ1) is 8.84. The first kappa shape index (κ1) is 16.8. The van der Waals surface area contributed by atoms with Gasteiger partial charge in [0.05, 0.1) is 0 Å². The van der Waals surface area contributed by atoms with Crippen LogP contribution >= 0.6 is 11.8 Å². The average Bonchev–Trinajstić information content (AvgIpc) is 2.47. The minimum absolute atomic E-state index is 1.29. The van der Waals surface area contributed by atoms with E-state index in [1.54, 1.807) is 11.8 Å². The molecule has 0 fully saturated rings. The number of nitrogens with two attached hydrogens (primary N) is 1. The predicted octanol–water partition coefficient (Wildman–Crippen LogP) is 4.75. The Morgan fingerprint density at radius 3 is 1.67 bits per heavy atom. The van der Waals surface area contributed by atoms with Crippen molar-refractivity contribution < 1.29 is 0 Å². The van der Waals surface area contributed by atoms with Crippen molar-refractivity contribution in [2.45, 2.75) is 30.6 Å². The molecule has 98 valence electrons. The molecule has 2 aromatic carbocycles. The molecule has 0 saturated carbocycles. The Morgan fingerprint density at radius 2 is 1.17 bits per heavy atom. The van der Waals surface area contributed by atoms with Crippen molar-refractivity contribution in [1.82, 2.24) is 0 Å². The van der Waals surface area contributed by atoms with Gasteiger partial charge in [-0.2, -0.15) is 0 Å². The highest BCUT2D eigenvalue weighted by Gasteiger charge is 1.94. The second kappa shape index (κ2) is 10.9. The third-order valence-corrected chi connectivity index (χ3v) is 3.02. The lowest BCUT2D eigenvalue weighted by Gasteiger charge is -2.01. The van der Waals surface area contributed by atoms with Gasteiger partial charge in [0.2, 0.25) is 0 Å². The first-order valence-electron chi connectivity index (χ1n) is 6.22. The normalized spacial score (nSPS) is 8.50. The molecule has 0 aliphatic carbocycles. The molecular weight excluding hydrogens is 238 g/mol. The van der Waals surface area contributed by atoms with Gasteiger partial charge in [-0.3, -0.25) is 0 Å². The molecule has 0 heterocycles. The molecule has 0 unspecified atom stereocenters. The van der Waals surface area contributed by atoms with Crippen LogP contribution < -0.4 is 5.73 Å². The summed E-state index contributed by atoms with van der Waals surface area (Å²) in [6.45, 7) is 6.11. The maximum absolute atomic E-state index is 4.50. The molecule has 0 aliphatic rings. The average molecular weight is 261 g/mol. The Kier molecular flexibility index (Phi) is 10.1. The van der Waals surface area contributed by atoms with E-state index in [4.69, 9.17) is 0 Å². The van der Waals surface area contributed by atoms with Crippen molar-refractivity contribution in [3.8, 4) is 0 Å². The molecule has 0 aliphatic heterocycles. The van der Waals surface area contributed by atoms with Gasteiger partial charge in [-0.1, -0.05) is 61.5 Å². The van der Waals surface area contributed by atoms with Crippen LogP contribution in [0.25, 0.3) is 0 Å². The number of benzene rings is 2. The summed E-state index contributed by atoms with van der Waals surface area (Å²) in [5.41, 5.74) is 5.81. The van der Waals surface area contributed by atoms with Gasteiger partial charge < -0.3 is 5.73 Å². The summed E-state index contributed by atoms with van der Waals surface area (Å²) in [4.78, 5) is 2.58. The Balaban J connectivity index is 0.000000659. The molecule has 2 aromatic rings. The fourth-order valence-electron chi connectivity index (χ4n) is 1.23. The van der Waals surface area contributed by atoms with Crippen LogP contribution in [0, 0.1) is 6.92 Å². The second-order valence-electron chi connectivity index (χ2n) is 3.23. The molecule has 1 nitrogen and oxygen atoms in total. The Bertz CT molecular complexity index is 395. The monoisotopic (exact) mass is 261 g/mol. The fourth-order valence-corrected chi connectivity index (χ4v) is 2.07. The van der Waals surface area contributed by atoms with E-state index < -0.39 is 0 Å². The molecule has 0 amide bonds. The highest BCUT2D eigenvalue weighted by atomic mass is 32.2. The van der Waals surface area contributed by atoms with Gasteiger partial charge in [-0.15, -0.1) is 0 Å². The van der Waals surface area contributed by atoms with Gasteiger partial charge >= 0.3 is 0 Å². The zero-order valence-corrected chi connectivity index (χ0v) is 12.5. The van der Waals surface area contributed by atoms with Gasteiger partial charge in [0.25, 0.3) is 0 Å². The van der Waals surface area contributed by atoms with E-state index in [1.165, 1.54) is 22.4 Å². The van der Waals surface area contributed by atoms with Crippen LogP contribution in [0.2, 0.25) is 0 Å². The van der Waals surface area contributed by atoms with Gasteiger partial charge in [-0.05, 0) is 38.2 Å². The molecule has 0 aromatic heterocycles. The largest absolute Gasteiger partial charge is 0.333 e. The van der Waals surface area contributed by atoms with E-state index >= 15 is 0 Å². The van der Waals surface area contributed by atoms with Crippen LogP contribution in [0.15, 0.2) is 64.4 Å². The Labute approximate surface area is 115 Å². The third-order valence-electron chi connectivity index (χ3n) is 2.00. The van der Waals surface area contributed by atoms with E-state index in [-0.39, 0.29) is 0 Å². The van der Waals surface area contributed by atoms with E-state index in [9.17, 15) is 0 Å². The number of hydrogen-bond acceptors (Lipinski definition) is 2. The highest BCUT2D eigenvalue weighted by Crippen LogP contribution is 2.26. The SMILES string of the molecule is CC.CN.Cc1ccc(Sc2ccccc2)cc1. The van der Waals surface area contributed by atoms with Crippen molar-refractivity contribution in [2.24, 2.45) is 5.73 Å². The number of hydrogen-bond donors (Lipinski definition) is 1. The highest BCUT2D eigenvalue weighted by molar-refractivity contribution is 7.99. The minimum atomic E-state index is 1.29. The summed E-state index contributed by atoms with van der Waals surface area (Å²) in [6, 6.07) is 19.0. The summed E-state index contributed by atoms with van der Waals surface area (Å²) < 4.78 is 0. The molecular formula is C16H23NS. The van der Waals surface area contributed by atoms with Crippen LogP contribution in [0.3, 0.4) is 0 Å². The van der Waals surface area contributed by atoms with E-state index in [1.807, 2.05) is 19.9 Å². The Hall–Kier alpha value is -1.25. The standard InChI is InChI=1S/C13H12S.C2H6.CH5N/c1-11-7-9-13(10-8-11)14-12-5-3-2-4-6-12;2*1-2/h2-10H,1H3;1-2H3;2H2,1H3. The molecule has 2 N–H and O–H groups in total. The maximum atomic E-state index is 4.50.